The van der Waals surface area contributed by atoms with Crippen LogP contribution in [0.3, 0.4) is 0 Å². The average molecular weight is 302 g/mol. The van der Waals surface area contributed by atoms with Crippen molar-refractivity contribution in [2.24, 2.45) is 0 Å². The minimum Gasteiger partial charge on any atom is -0.466 e. The predicted octanol–water partition coefficient (Wildman–Crippen LogP) is 0.904. The molecule has 9 heteroatoms. The molecule has 2 N–H and O–H groups in total. The van der Waals surface area contributed by atoms with Gasteiger partial charge < -0.3 is 10.5 Å². The van der Waals surface area contributed by atoms with Gasteiger partial charge >= 0.3 is 5.97 Å². The minimum absolute atomic E-state index is 0.0977. The zero-order valence-corrected chi connectivity index (χ0v) is 11.6. The highest BCUT2D eigenvalue weighted by Gasteiger charge is 2.22. The maximum Gasteiger partial charge on any atom is 0.306 e. The van der Waals surface area contributed by atoms with Crippen molar-refractivity contribution in [1.82, 2.24) is 0 Å². The molecule has 1 rings (SSSR count). The highest BCUT2D eigenvalue weighted by Crippen LogP contribution is 2.25. The molecule has 0 saturated carbocycles. The molecular formula is C11H14N2O6S. The van der Waals surface area contributed by atoms with Gasteiger partial charge in [-0.1, -0.05) is 0 Å². The number of nitrogens with two attached hydrogens (primary N) is 1. The lowest BCUT2D eigenvalue weighted by Gasteiger charge is -2.07. The summed E-state index contributed by atoms with van der Waals surface area (Å²) in [4.78, 5) is 20.7. The van der Waals surface area contributed by atoms with Crippen molar-refractivity contribution in [3.05, 3.63) is 28.3 Å². The van der Waals surface area contributed by atoms with Crippen LogP contribution in [0.25, 0.3) is 0 Å². The number of nitrogens with zero attached hydrogens (tertiary/aromatic N) is 1. The van der Waals surface area contributed by atoms with Crippen LogP contribution in [0.1, 0.15) is 13.3 Å². The van der Waals surface area contributed by atoms with Crippen LogP contribution in [0.2, 0.25) is 0 Å². The molecule has 0 radical (unpaired) electrons. The van der Waals surface area contributed by atoms with E-state index >= 15 is 0 Å². The Kier molecular flexibility index (Phi) is 5.03. The first-order valence-corrected chi connectivity index (χ1v) is 7.35. The SMILES string of the molecule is CCOC(=O)CCS(=O)(=O)c1cc([N+](=O)[O-])ccc1N. The van der Waals surface area contributed by atoms with Crippen LogP contribution in [0.4, 0.5) is 11.4 Å². The molecule has 1 aromatic carbocycles. The Morgan fingerprint density at radius 3 is 2.65 bits per heavy atom. The van der Waals surface area contributed by atoms with E-state index in [-0.39, 0.29) is 29.3 Å². The number of esters is 1. The third-order valence-corrected chi connectivity index (χ3v) is 4.19. The largest absolute Gasteiger partial charge is 0.466 e. The van der Waals surface area contributed by atoms with Crippen LogP contribution < -0.4 is 5.73 Å². The number of carbonyl (C=O) groups is 1. The predicted molar refractivity (Wildman–Crippen MR) is 70.8 cm³/mol. The summed E-state index contributed by atoms with van der Waals surface area (Å²) in [6, 6.07) is 3.14. The number of rotatable bonds is 6. The highest BCUT2D eigenvalue weighted by atomic mass is 32.2. The third kappa shape index (κ3) is 3.92. The standard InChI is InChI=1S/C11H14N2O6S/c1-2-19-11(14)5-6-20(17,18)10-7-8(13(15)16)3-4-9(10)12/h3-4,7H,2,5-6,12H2,1H3. The first-order chi connectivity index (χ1) is 9.27. The van der Waals surface area contributed by atoms with E-state index < -0.39 is 26.5 Å². The Labute approximate surface area is 115 Å². The second kappa shape index (κ2) is 6.33. The van der Waals surface area contributed by atoms with Crippen molar-refractivity contribution in [2.75, 3.05) is 18.1 Å². The Morgan fingerprint density at radius 1 is 1.45 bits per heavy atom. The van der Waals surface area contributed by atoms with Crippen LogP contribution in [-0.4, -0.2) is 31.7 Å². The number of non-ortho nitro benzene ring substituents is 1. The third-order valence-electron chi connectivity index (χ3n) is 2.42. The van der Waals surface area contributed by atoms with E-state index in [9.17, 15) is 23.3 Å². The molecule has 0 spiro atoms. The smallest absolute Gasteiger partial charge is 0.306 e. The Bertz CT molecular complexity index is 626. The van der Waals surface area contributed by atoms with Crippen LogP contribution in [0.5, 0.6) is 0 Å². The topological polar surface area (TPSA) is 130 Å². The van der Waals surface area contributed by atoms with E-state index in [1.54, 1.807) is 6.92 Å². The molecule has 110 valence electrons. The molecule has 1 aromatic rings. The van der Waals surface area contributed by atoms with Gasteiger partial charge in [-0.05, 0) is 13.0 Å². The number of benzene rings is 1. The monoisotopic (exact) mass is 302 g/mol. The molecule has 0 unspecified atom stereocenters. The molecule has 0 atom stereocenters. The lowest BCUT2D eigenvalue weighted by Crippen LogP contribution is -2.15. The van der Waals surface area contributed by atoms with Crippen LogP contribution in [0, 0.1) is 10.1 Å². The summed E-state index contributed by atoms with van der Waals surface area (Å²) < 4.78 is 28.7. The van der Waals surface area contributed by atoms with Gasteiger partial charge in [0.2, 0.25) is 0 Å². The zero-order chi connectivity index (χ0) is 15.3. The fourth-order valence-corrected chi connectivity index (χ4v) is 2.85. The van der Waals surface area contributed by atoms with Crippen molar-refractivity contribution in [1.29, 1.82) is 0 Å². The van der Waals surface area contributed by atoms with E-state index in [4.69, 9.17) is 5.73 Å². The number of nitro benzene ring substituents is 1. The molecule has 8 nitrogen and oxygen atoms in total. The summed E-state index contributed by atoms with van der Waals surface area (Å²) in [6.07, 6.45) is -0.335. The number of carbonyl (C=O) groups excluding carboxylic acids is 1. The molecule has 0 aromatic heterocycles. The second-order valence-corrected chi connectivity index (χ2v) is 5.93. The Morgan fingerprint density at radius 2 is 2.10 bits per heavy atom. The average Bonchev–Trinajstić information content (AvgIpc) is 2.37. The molecular weight excluding hydrogens is 288 g/mol. The van der Waals surface area contributed by atoms with Gasteiger partial charge in [0.05, 0.1) is 34.3 Å². The maximum absolute atomic E-state index is 12.0. The summed E-state index contributed by atoms with van der Waals surface area (Å²) in [6.45, 7) is 1.75. The minimum atomic E-state index is -3.89. The van der Waals surface area contributed by atoms with Gasteiger partial charge in [0.25, 0.3) is 5.69 Å². The number of hydrogen-bond donors (Lipinski definition) is 1. The molecule has 0 amide bonds. The van der Waals surface area contributed by atoms with Gasteiger partial charge in [-0.2, -0.15) is 0 Å². The van der Waals surface area contributed by atoms with E-state index in [0.717, 1.165) is 18.2 Å². The number of sulfone groups is 1. The summed E-state index contributed by atoms with van der Waals surface area (Å²) in [7, 11) is -3.89. The number of hydrogen-bond acceptors (Lipinski definition) is 7. The molecule has 0 heterocycles. The molecule has 0 aliphatic rings. The fourth-order valence-electron chi connectivity index (χ4n) is 1.47. The maximum atomic E-state index is 12.0. The van der Waals surface area contributed by atoms with Crippen LogP contribution in [0.15, 0.2) is 23.1 Å². The van der Waals surface area contributed by atoms with E-state index in [1.807, 2.05) is 0 Å². The van der Waals surface area contributed by atoms with Gasteiger partial charge in [-0.3, -0.25) is 14.9 Å². The van der Waals surface area contributed by atoms with Crippen LogP contribution in [-0.2, 0) is 19.4 Å². The summed E-state index contributed by atoms with van der Waals surface area (Å²) in [5.74, 6) is -1.17. The summed E-state index contributed by atoms with van der Waals surface area (Å²) >= 11 is 0. The lowest BCUT2D eigenvalue weighted by molar-refractivity contribution is -0.385. The normalized spacial score (nSPS) is 11.1. The highest BCUT2D eigenvalue weighted by molar-refractivity contribution is 7.91. The van der Waals surface area contributed by atoms with Crippen molar-refractivity contribution >= 4 is 27.2 Å². The molecule has 0 aliphatic carbocycles. The van der Waals surface area contributed by atoms with Crippen LogP contribution >= 0.6 is 0 Å². The number of anilines is 1. The quantitative estimate of drug-likeness (QED) is 0.357. The first kappa shape index (κ1) is 15.9. The number of nitro groups is 1. The van der Waals surface area contributed by atoms with Gasteiger partial charge in [0, 0.05) is 12.1 Å². The van der Waals surface area contributed by atoms with E-state index in [0.29, 0.717) is 0 Å². The first-order valence-electron chi connectivity index (χ1n) is 5.70. The molecule has 0 aliphatic heterocycles. The van der Waals surface area contributed by atoms with Crippen molar-refractivity contribution in [3.63, 3.8) is 0 Å². The second-order valence-electron chi connectivity index (χ2n) is 3.85. The van der Waals surface area contributed by atoms with Gasteiger partial charge in [0.1, 0.15) is 0 Å². The lowest BCUT2D eigenvalue weighted by atomic mass is 10.3. The number of nitrogen functional groups attached to an aromatic ring is 1. The Hall–Kier alpha value is -2.16. The van der Waals surface area contributed by atoms with Gasteiger partial charge in [-0.15, -0.1) is 0 Å². The number of ether oxygens (including phenoxy) is 1. The fraction of sp³-hybridized carbons (Fsp3) is 0.364. The van der Waals surface area contributed by atoms with Crippen molar-refractivity contribution in [2.45, 2.75) is 18.2 Å². The molecule has 0 bridgehead atoms. The summed E-state index contributed by atoms with van der Waals surface area (Å²) in [5, 5.41) is 10.6. The molecule has 0 fully saturated rings. The van der Waals surface area contributed by atoms with Crippen molar-refractivity contribution in [3.8, 4) is 0 Å². The molecule has 20 heavy (non-hydrogen) atoms. The van der Waals surface area contributed by atoms with Gasteiger partial charge in [0.15, 0.2) is 9.84 Å². The zero-order valence-electron chi connectivity index (χ0n) is 10.7. The van der Waals surface area contributed by atoms with E-state index in [2.05, 4.69) is 4.74 Å². The van der Waals surface area contributed by atoms with Crippen molar-refractivity contribution < 1.29 is 22.9 Å². The molecule has 0 saturated heterocycles. The van der Waals surface area contributed by atoms with E-state index in [1.165, 1.54) is 0 Å². The Balaban J connectivity index is 3.00. The van der Waals surface area contributed by atoms with Gasteiger partial charge in [-0.25, -0.2) is 8.42 Å². The summed E-state index contributed by atoms with van der Waals surface area (Å²) in [5.41, 5.74) is 5.04.